The van der Waals surface area contributed by atoms with Crippen LogP contribution in [0.2, 0.25) is 0 Å². The van der Waals surface area contributed by atoms with Gasteiger partial charge in [-0.2, -0.15) is 0 Å². The van der Waals surface area contributed by atoms with E-state index in [-0.39, 0.29) is 17.6 Å². The fourth-order valence-electron chi connectivity index (χ4n) is 3.31. The third-order valence-corrected chi connectivity index (χ3v) is 5.10. The maximum absolute atomic E-state index is 13.9. The Morgan fingerprint density at radius 3 is 2.32 bits per heavy atom. The molecule has 1 heterocycles. The number of furan rings is 1. The van der Waals surface area contributed by atoms with Crippen molar-refractivity contribution in [3.63, 3.8) is 0 Å². The Morgan fingerprint density at radius 1 is 0.968 bits per heavy atom. The number of carbonyl (C=O) groups is 2. The van der Waals surface area contributed by atoms with Gasteiger partial charge in [-0.3, -0.25) is 9.59 Å². The predicted molar refractivity (Wildman–Crippen MR) is 118 cm³/mol. The van der Waals surface area contributed by atoms with Crippen molar-refractivity contribution in [3.05, 3.63) is 83.4 Å². The molecule has 0 aliphatic carbocycles. The fraction of sp³-hybridized carbons (Fsp3) is 0.280. The minimum absolute atomic E-state index is 0.0137. The summed E-state index contributed by atoms with van der Waals surface area (Å²) in [5.41, 5.74) is 1.99. The van der Waals surface area contributed by atoms with Crippen LogP contribution in [0.4, 0.5) is 4.39 Å². The molecule has 6 heteroatoms. The first-order valence-corrected chi connectivity index (χ1v) is 10.3. The zero-order valence-corrected chi connectivity index (χ0v) is 18.1. The third-order valence-electron chi connectivity index (χ3n) is 5.10. The molecule has 0 fully saturated rings. The molecule has 0 aliphatic heterocycles. The average Bonchev–Trinajstić information content (AvgIpc) is 3.24. The van der Waals surface area contributed by atoms with Crippen molar-refractivity contribution in [2.75, 3.05) is 20.6 Å². The van der Waals surface area contributed by atoms with Crippen molar-refractivity contribution in [1.82, 2.24) is 9.80 Å². The number of hydrogen-bond donors (Lipinski definition) is 0. The Bertz CT molecular complexity index is 1040. The number of aryl methyl sites for hydroxylation is 1. The van der Waals surface area contributed by atoms with Crippen LogP contribution in [-0.4, -0.2) is 42.3 Å². The summed E-state index contributed by atoms with van der Waals surface area (Å²) in [4.78, 5) is 28.0. The molecule has 5 nitrogen and oxygen atoms in total. The van der Waals surface area contributed by atoms with Crippen LogP contribution in [0.3, 0.4) is 0 Å². The lowest BCUT2D eigenvalue weighted by Gasteiger charge is -2.21. The maximum Gasteiger partial charge on any atom is 0.253 e. The van der Waals surface area contributed by atoms with Gasteiger partial charge in [-0.1, -0.05) is 24.3 Å². The second kappa shape index (κ2) is 10.1. The van der Waals surface area contributed by atoms with Crippen LogP contribution in [0, 0.1) is 5.82 Å². The summed E-state index contributed by atoms with van der Waals surface area (Å²) in [5.74, 6) is 0.729. The molecule has 0 radical (unpaired) electrons. The van der Waals surface area contributed by atoms with Gasteiger partial charge in [0.2, 0.25) is 5.91 Å². The summed E-state index contributed by atoms with van der Waals surface area (Å²) in [6.45, 7) is 2.99. The summed E-state index contributed by atoms with van der Waals surface area (Å²) < 4.78 is 19.7. The standard InChI is InChI=1S/C25H27FN2O3/c1-4-28(17-18-9-11-19(12-10-18)25(30)27(2)3)24(29)16-14-20-13-15-23(31-20)21-7-5-6-8-22(21)26/h5-13,15H,4,14,16-17H2,1-3H3. The highest BCUT2D eigenvalue weighted by molar-refractivity contribution is 5.93. The molecule has 0 aliphatic rings. The third kappa shape index (κ3) is 5.60. The van der Waals surface area contributed by atoms with Gasteiger partial charge in [-0.25, -0.2) is 4.39 Å². The Kier molecular flexibility index (Phi) is 7.23. The maximum atomic E-state index is 13.9. The number of halogens is 1. The van der Waals surface area contributed by atoms with Crippen LogP contribution in [0.25, 0.3) is 11.3 Å². The van der Waals surface area contributed by atoms with Gasteiger partial charge >= 0.3 is 0 Å². The van der Waals surface area contributed by atoms with Crippen LogP contribution in [-0.2, 0) is 17.8 Å². The zero-order valence-electron chi connectivity index (χ0n) is 18.1. The summed E-state index contributed by atoms with van der Waals surface area (Å²) >= 11 is 0. The molecule has 1 aromatic heterocycles. The van der Waals surface area contributed by atoms with Gasteiger partial charge in [0.1, 0.15) is 17.3 Å². The molecule has 3 aromatic rings. The molecular formula is C25H27FN2O3. The molecule has 2 amide bonds. The van der Waals surface area contributed by atoms with Crippen LogP contribution in [0.1, 0.15) is 35.0 Å². The molecule has 162 valence electrons. The highest BCUT2D eigenvalue weighted by Crippen LogP contribution is 2.25. The van der Waals surface area contributed by atoms with E-state index in [1.807, 2.05) is 19.1 Å². The number of hydrogen-bond acceptors (Lipinski definition) is 3. The SMILES string of the molecule is CCN(Cc1ccc(C(=O)N(C)C)cc1)C(=O)CCc1ccc(-c2ccccc2F)o1. The van der Waals surface area contributed by atoms with E-state index in [2.05, 4.69) is 0 Å². The van der Waals surface area contributed by atoms with Crippen LogP contribution < -0.4 is 0 Å². The van der Waals surface area contributed by atoms with Crippen molar-refractivity contribution in [2.24, 2.45) is 0 Å². The Balaban J connectivity index is 1.58. The molecular weight excluding hydrogens is 395 g/mol. The fourth-order valence-corrected chi connectivity index (χ4v) is 3.31. The molecule has 0 spiro atoms. The van der Waals surface area contributed by atoms with Crippen LogP contribution in [0.15, 0.2) is 65.1 Å². The number of nitrogens with zero attached hydrogens (tertiary/aromatic N) is 2. The van der Waals surface area contributed by atoms with Crippen molar-refractivity contribution in [1.29, 1.82) is 0 Å². The van der Waals surface area contributed by atoms with Gasteiger partial charge in [0.05, 0.1) is 5.56 Å². The van der Waals surface area contributed by atoms with E-state index in [1.165, 1.54) is 11.0 Å². The van der Waals surface area contributed by atoms with Crippen molar-refractivity contribution in [2.45, 2.75) is 26.3 Å². The first-order valence-electron chi connectivity index (χ1n) is 10.3. The summed E-state index contributed by atoms with van der Waals surface area (Å²) in [5, 5.41) is 0. The second-order valence-electron chi connectivity index (χ2n) is 7.55. The lowest BCUT2D eigenvalue weighted by Crippen LogP contribution is -2.30. The van der Waals surface area contributed by atoms with Crippen LogP contribution in [0.5, 0.6) is 0 Å². The second-order valence-corrected chi connectivity index (χ2v) is 7.55. The summed E-state index contributed by atoms with van der Waals surface area (Å²) in [6.07, 6.45) is 0.745. The van der Waals surface area contributed by atoms with E-state index in [0.717, 1.165) is 5.56 Å². The van der Waals surface area contributed by atoms with Crippen molar-refractivity contribution < 1.29 is 18.4 Å². The van der Waals surface area contributed by atoms with Gasteiger partial charge in [0.15, 0.2) is 0 Å². The average molecular weight is 423 g/mol. The first kappa shape index (κ1) is 22.3. The van der Waals surface area contributed by atoms with E-state index in [1.54, 1.807) is 61.5 Å². The van der Waals surface area contributed by atoms with E-state index in [9.17, 15) is 14.0 Å². The van der Waals surface area contributed by atoms with Crippen molar-refractivity contribution >= 4 is 11.8 Å². The number of carbonyl (C=O) groups excluding carboxylic acids is 2. The zero-order chi connectivity index (χ0) is 22.4. The molecule has 0 saturated heterocycles. The number of benzene rings is 2. The topological polar surface area (TPSA) is 53.8 Å². The minimum Gasteiger partial charge on any atom is -0.461 e. The summed E-state index contributed by atoms with van der Waals surface area (Å²) in [7, 11) is 3.43. The molecule has 0 atom stereocenters. The largest absolute Gasteiger partial charge is 0.461 e. The Morgan fingerprint density at radius 2 is 1.68 bits per heavy atom. The van der Waals surface area contributed by atoms with Gasteiger partial charge in [0, 0.05) is 45.6 Å². The van der Waals surface area contributed by atoms with E-state index >= 15 is 0 Å². The van der Waals surface area contributed by atoms with Crippen molar-refractivity contribution in [3.8, 4) is 11.3 Å². The first-order chi connectivity index (χ1) is 14.9. The molecule has 0 bridgehead atoms. The molecule has 0 N–H and O–H groups in total. The monoisotopic (exact) mass is 422 g/mol. The smallest absolute Gasteiger partial charge is 0.253 e. The number of rotatable bonds is 8. The highest BCUT2D eigenvalue weighted by atomic mass is 19.1. The highest BCUT2D eigenvalue weighted by Gasteiger charge is 2.15. The minimum atomic E-state index is -0.338. The number of amides is 2. The lowest BCUT2D eigenvalue weighted by molar-refractivity contribution is -0.131. The lowest BCUT2D eigenvalue weighted by atomic mass is 10.1. The van der Waals surface area contributed by atoms with E-state index < -0.39 is 0 Å². The van der Waals surface area contributed by atoms with Gasteiger partial charge < -0.3 is 14.2 Å². The Hall–Kier alpha value is -3.41. The molecule has 0 saturated carbocycles. The van der Waals surface area contributed by atoms with Gasteiger partial charge in [-0.05, 0) is 48.9 Å². The molecule has 2 aromatic carbocycles. The summed E-state index contributed by atoms with van der Waals surface area (Å²) in [6, 6.07) is 17.3. The van der Waals surface area contributed by atoms with Gasteiger partial charge in [-0.15, -0.1) is 0 Å². The predicted octanol–water partition coefficient (Wildman–Crippen LogP) is 4.77. The van der Waals surface area contributed by atoms with E-state index in [0.29, 0.717) is 48.6 Å². The molecule has 0 unspecified atom stereocenters. The van der Waals surface area contributed by atoms with Gasteiger partial charge in [0.25, 0.3) is 5.91 Å². The van der Waals surface area contributed by atoms with Crippen LogP contribution >= 0.6 is 0 Å². The molecule has 31 heavy (non-hydrogen) atoms. The van der Waals surface area contributed by atoms with E-state index in [4.69, 9.17) is 4.42 Å². The Labute approximate surface area is 182 Å². The molecule has 3 rings (SSSR count). The quantitative estimate of drug-likeness (QED) is 0.526. The normalized spacial score (nSPS) is 10.7.